The predicted octanol–water partition coefficient (Wildman–Crippen LogP) is 4.49. The monoisotopic (exact) mass is 260 g/mol. The van der Waals surface area contributed by atoms with E-state index in [2.05, 4.69) is 17.2 Å². The lowest BCUT2D eigenvalue weighted by atomic mass is 9.70. The second-order valence-corrected chi connectivity index (χ2v) is 5.97. The zero-order valence-corrected chi connectivity index (χ0v) is 11.3. The smallest absolute Gasteiger partial charge is 0.0737 e. The number of pyridine rings is 1. The van der Waals surface area contributed by atoms with Gasteiger partial charge in [-0.05, 0) is 42.5 Å². The van der Waals surface area contributed by atoms with Crippen LogP contribution in [0.4, 0.5) is 5.69 Å². The van der Waals surface area contributed by atoms with Crippen LogP contribution in [0.3, 0.4) is 0 Å². The molecule has 1 saturated carbocycles. The molecule has 1 aliphatic carbocycles. The second kappa shape index (κ2) is 4.43. The summed E-state index contributed by atoms with van der Waals surface area (Å²) in [6.45, 7) is 3.39. The molecule has 18 heavy (non-hydrogen) atoms. The highest BCUT2D eigenvalue weighted by Crippen LogP contribution is 2.40. The highest BCUT2D eigenvalue weighted by molar-refractivity contribution is 6.31. The lowest BCUT2D eigenvalue weighted by Crippen LogP contribution is -2.33. The van der Waals surface area contributed by atoms with Gasteiger partial charge in [0.15, 0.2) is 0 Å². The Labute approximate surface area is 112 Å². The van der Waals surface area contributed by atoms with E-state index in [9.17, 15) is 0 Å². The minimum absolute atomic E-state index is 0.474. The van der Waals surface area contributed by atoms with Crippen LogP contribution in [0.2, 0.25) is 5.02 Å². The molecule has 1 fully saturated rings. The molecule has 1 aromatic heterocycles. The average Bonchev–Trinajstić information content (AvgIpc) is 2.33. The summed E-state index contributed by atoms with van der Waals surface area (Å²) in [5.41, 5.74) is 2.58. The van der Waals surface area contributed by atoms with E-state index in [1.165, 1.54) is 19.3 Å². The standard InChI is InChI=1S/C15H17ClN2/c1-15(6-2-7-15)10-18-13-5-8-17-14-9-11(16)3-4-12(13)14/h3-5,8-9H,2,6-7,10H2,1H3,(H,17,18). The first-order valence-corrected chi connectivity index (χ1v) is 6.82. The topological polar surface area (TPSA) is 24.9 Å². The van der Waals surface area contributed by atoms with Gasteiger partial charge in [-0.1, -0.05) is 24.9 Å². The molecular formula is C15H17ClN2. The molecule has 3 heteroatoms. The minimum atomic E-state index is 0.474. The Morgan fingerprint density at radius 1 is 1.33 bits per heavy atom. The van der Waals surface area contributed by atoms with Gasteiger partial charge in [-0.15, -0.1) is 0 Å². The molecule has 0 atom stereocenters. The van der Waals surface area contributed by atoms with E-state index in [0.717, 1.165) is 28.2 Å². The van der Waals surface area contributed by atoms with Crippen molar-refractivity contribution in [3.63, 3.8) is 0 Å². The molecule has 2 nitrogen and oxygen atoms in total. The molecule has 94 valence electrons. The van der Waals surface area contributed by atoms with Gasteiger partial charge in [-0.3, -0.25) is 4.98 Å². The van der Waals surface area contributed by atoms with Crippen LogP contribution in [0.25, 0.3) is 10.9 Å². The molecule has 1 aliphatic rings. The fraction of sp³-hybridized carbons (Fsp3) is 0.400. The molecule has 1 heterocycles. The summed E-state index contributed by atoms with van der Waals surface area (Å²) in [4.78, 5) is 4.36. The maximum atomic E-state index is 5.99. The number of halogens is 1. The van der Waals surface area contributed by atoms with Crippen molar-refractivity contribution in [1.29, 1.82) is 0 Å². The van der Waals surface area contributed by atoms with Crippen LogP contribution in [-0.4, -0.2) is 11.5 Å². The molecule has 0 amide bonds. The first kappa shape index (κ1) is 11.8. The number of nitrogens with one attached hydrogen (secondary N) is 1. The zero-order valence-electron chi connectivity index (χ0n) is 10.5. The highest BCUT2D eigenvalue weighted by atomic mass is 35.5. The predicted molar refractivity (Wildman–Crippen MR) is 77.2 cm³/mol. The number of hydrogen-bond acceptors (Lipinski definition) is 2. The number of rotatable bonds is 3. The molecule has 2 aromatic rings. The highest BCUT2D eigenvalue weighted by Gasteiger charge is 2.31. The van der Waals surface area contributed by atoms with Crippen LogP contribution in [0.5, 0.6) is 0 Å². The van der Waals surface area contributed by atoms with E-state index >= 15 is 0 Å². The van der Waals surface area contributed by atoms with E-state index < -0.39 is 0 Å². The Balaban J connectivity index is 1.87. The minimum Gasteiger partial charge on any atom is -0.384 e. The first-order chi connectivity index (χ1) is 8.66. The van der Waals surface area contributed by atoms with Gasteiger partial charge < -0.3 is 5.32 Å². The summed E-state index contributed by atoms with van der Waals surface area (Å²) in [6.07, 6.45) is 5.86. The van der Waals surface area contributed by atoms with Gasteiger partial charge in [0.2, 0.25) is 0 Å². The molecule has 0 bridgehead atoms. The van der Waals surface area contributed by atoms with Crippen molar-refractivity contribution in [2.75, 3.05) is 11.9 Å². The lowest BCUT2D eigenvalue weighted by Gasteiger charge is -2.38. The summed E-state index contributed by atoms with van der Waals surface area (Å²) in [6, 6.07) is 7.91. The Bertz CT molecular complexity index is 576. The molecule has 3 rings (SSSR count). The van der Waals surface area contributed by atoms with Crippen molar-refractivity contribution >= 4 is 28.2 Å². The normalized spacial score (nSPS) is 17.4. The number of nitrogens with zero attached hydrogens (tertiary/aromatic N) is 1. The maximum absolute atomic E-state index is 5.99. The van der Waals surface area contributed by atoms with Gasteiger partial charge in [0.25, 0.3) is 0 Å². The van der Waals surface area contributed by atoms with Crippen molar-refractivity contribution < 1.29 is 0 Å². The molecule has 1 aromatic carbocycles. The van der Waals surface area contributed by atoms with Gasteiger partial charge >= 0.3 is 0 Å². The van der Waals surface area contributed by atoms with Gasteiger partial charge in [0, 0.05) is 28.8 Å². The Hall–Kier alpha value is -1.28. The molecule has 0 radical (unpaired) electrons. The van der Waals surface area contributed by atoms with Crippen molar-refractivity contribution in [3.8, 4) is 0 Å². The fourth-order valence-corrected chi connectivity index (χ4v) is 2.71. The van der Waals surface area contributed by atoms with E-state index in [4.69, 9.17) is 11.6 Å². The molecular weight excluding hydrogens is 244 g/mol. The summed E-state index contributed by atoms with van der Waals surface area (Å²) >= 11 is 5.99. The van der Waals surface area contributed by atoms with E-state index in [0.29, 0.717) is 5.41 Å². The van der Waals surface area contributed by atoms with Crippen LogP contribution in [-0.2, 0) is 0 Å². The SMILES string of the molecule is CC1(CNc2ccnc3cc(Cl)ccc23)CCC1. The van der Waals surface area contributed by atoms with E-state index in [-0.39, 0.29) is 0 Å². The summed E-state index contributed by atoms with van der Waals surface area (Å²) in [5.74, 6) is 0. The van der Waals surface area contributed by atoms with Crippen LogP contribution in [0.1, 0.15) is 26.2 Å². The second-order valence-electron chi connectivity index (χ2n) is 5.54. The van der Waals surface area contributed by atoms with Crippen LogP contribution < -0.4 is 5.32 Å². The number of fused-ring (bicyclic) bond motifs is 1. The third-order valence-corrected chi connectivity index (χ3v) is 4.21. The van der Waals surface area contributed by atoms with Crippen LogP contribution in [0, 0.1) is 5.41 Å². The lowest BCUT2D eigenvalue weighted by molar-refractivity contribution is 0.180. The van der Waals surface area contributed by atoms with Crippen molar-refractivity contribution in [2.24, 2.45) is 5.41 Å². The van der Waals surface area contributed by atoms with Crippen LogP contribution in [0.15, 0.2) is 30.5 Å². The summed E-state index contributed by atoms with van der Waals surface area (Å²) < 4.78 is 0. The quantitative estimate of drug-likeness (QED) is 0.880. The Morgan fingerprint density at radius 3 is 2.89 bits per heavy atom. The first-order valence-electron chi connectivity index (χ1n) is 6.45. The van der Waals surface area contributed by atoms with Gasteiger partial charge in [-0.2, -0.15) is 0 Å². The molecule has 0 spiro atoms. The van der Waals surface area contributed by atoms with Crippen molar-refractivity contribution in [2.45, 2.75) is 26.2 Å². The zero-order chi connectivity index (χ0) is 12.6. The number of benzene rings is 1. The maximum Gasteiger partial charge on any atom is 0.0737 e. The fourth-order valence-electron chi connectivity index (χ4n) is 2.54. The Kier molecular flexibility index (Phi) is 2.90. The largest absolute Gasteiger partial charge is 0.384 e. The number of hydrogen-bond donors (Lipinski definition) is 1. The summed E-state index contributed by atoms with van der Waals surface area (Å²) in [5, 5.41) is 5.44. The van der Waals surface area contributed by atoms with Crippen LogP contribution >= 0.6 is 11.6 Å². The van der Waals surface area contributed by atoms with Gasteiger partial charge in [0.05, 0.1) is 5.52 Å². The summed E-state index contributed by atoms with van der Waals surface area (Å²) in [7, 11) is 0. The van der Waals surface area contributed by atoms with E-state index in [1.54, 1.807) is 0 Å². The Morgan fingerprint density at radius 2 is 2.17 bits per heavy atom. The van der Waals surface area contributed by atoms with Crippen molar-refractivity contribution in [1.82, 2.24) is 4.98 Å². The molecule has 0 unspecified atom stereocenters. The number of anilines is 1. The average molecular weight is 261 g/mol. The third kappa shape index (κ3) is 2.17. The van der Waals surface area contributed by atoms with Gasteiger partial charge in [-0.25, -0.2) is 0 Å². The third-order valence-electron chi connectivity index (χ3n) is 3.97. The van der Waals surface area contributed by atoms with Gasteiger partial charge in [0.1, 0.15) is 0 Å². The molecule has 0 saturated heterocycles. The molecule has 1 N–H and O–H groups in total. The molecule has 0 aliphatic heterocycles. The van der Waals surface area contributed by atoms with E-state index in [1.807, 2.05) is 30.5 Å². The number of aromatic nitrogens is 1. The van der Waals surface area contributed by atoms with Crippen molar-refractivity contribution in [3.05, 3.63) is 35.5 Å².